The maximum Gasteiger partial charge on any atom is 0.320 e. The van der Waals surface area contributed by atoms with Gasteiger partial charge < -0.3 is 15.0 Å². The molecule has 2 aromatic carbocycles. The van der Waals surface area contributed by atoms with Crippen LogP contribution in [0.4, 0.5) is 0 Å². The quantitative estimate of drug-likeness (QED) is 0.314. The van der Waals surface area contributed by atoms with Crippen molar-refractivity contribution in [3.63, 3.8) is 0 Å². The monoisotopic (exact) mass is 389 g/mol. The number of hydrogen-bond donors (Lipinski definition) is 5. The number of nitrogens with zero attached hydrogens (tertiary/aromatic N) is 1. The van der Waals surface area contributed by atoms with Crippen LogP contribution in [0.5, 0.6) is 0 Å². The first kappa shape index (κ1) is 19.1. The lowest BCUT2D eigenvalue weighted by atomic mass is 9.98. The van der Waals surface area contributed by atoms with Crippen molar-refractivity contribution in [2.45, 2.75) is 24.4 Å². The van der Waals surface area contributed by atoms with E-state index >= 15 is 0 Å². The number of carbonyl (C=O) groups is 1. The maximum atomic E-state index is 11.7. The van der Waals surface area contributed by atoms with Crippen molar-refractivity contribution in [1.29, 1.82) is 0 Å². The Labute approximate surface area is 158 Å². The van der Waals surface area contributed by atoms with Crippen molar-refractivity contribution in [2.24, 2.45) is 5.10 Å². The van der Waals surface area contributed by atoms with Crippen LogP contribution in [0.15, 0.2) is 52.5 Å². The first-order valence-electron chi connectivity index (χ1n) is 8.16. The molecule has 2 unspecified atom stereocenters. The largest absolute Gasteiger partial charge is 0.768 e. The number of nitrogens with one attached hydrogen (secondary N) is 3. The number of hydrazine groups is 1. The molecule has 6 N–H and O–H groups in total. The van der Waals surface area contributed by atoms with Crippen molar-refractivity contribution < 1.29 is 24.2 Å². The molecule has 3 rings (SSSR count). The first-order chi connectivity index (χ1) is 13.0. The number of carboxylic acids is 1. The van der Waals surface area contributed by atoms with Gasteiger partial charge in [-0.05, 0) is 45.9 Å². The normalized spacial score (nSPS) is 15.7. The number of aliphatic carboxylic acids is 1. The van der Waals surface area contributed by atoms with E-state index in [1.165, 1.54) is 11.6 Å². The molecule has 9 nitrogen and oxygen atoms in total. The van der Waals surface area contributed by atoms with E-state index in [0.717, 1.165) is 16.7 Å². The summed E-state index contributed by atoms with van der Waals surface area (Å²) in [6, 6.07) is 11.9. The van der Waals surface area contributed by atoms with Crippen LogP contribution in [0.1, 0.15) is 18.1 Å². The van der Waals surface area contributed by atoms with E-state index in [4.69, 9.17) is 5.11 Å². The van der Waals surface area contributed by atoms with Gasteiger partial charge >= 0.3 is 5.97 Å². The molecule has 1 aliphatic rings. The zero-order valence-corrected chi connectivity index (χ0v) is 15.2. The summed E-state index contributed by atoms with van der Waals surface area (Å²) in [5.74, 6) is -0.486. The third-order valence-electron chi connectivity index (χ3n) is 4.14. The Morgan fingerprint density at radius 3 is 2.67 bits per heavy atom. The summed E-state index contributed by atoms with van der Waals surface area (Å²) >= 11 is -2.42. The summed E-state index contributed by atoms with van der Waals surface area (Å²) in [7, 11) is 0. The molecule has 0 bridgehead atoms. The zero-order chi connectivity index (χ0) is 19.4. The molecule has 0 amide bonds. The minimum absolute atomic E-state index is 0.150. The van der Waals surface area contributed by atoms with Crippen molar-refractivity contribution >= 4 is 22.9 Å². The summed E-state index contributed by atoms with van der Waals surface area (Å²) in [6.45, 7) is 2.00. The van der Waals surface area contributed by atoms with Gasteiger partial charge in [-0.3, -0.25) is 14.4 Å². The highest BCUT2D eigenvalue weighted by Gasteiger charge is 2.20. The number of benzene rings is 2. The number of carboxylic acid groups (broad SMARTS) is 1. The standard InChI is InChI=1S/C17H19N5O4S/c1-10(17(23)24)18-9-11-5-7-12(8-6-11)13-3-2-4-14(27(25)26)15(13)16-19-21-22-20-16/h2-8,10,18,21-22H,9H2,1H3,(H,19,20)(H,23,24)(H,25,26). The van der Waals surface area contributed by atoms with Gasteiger partial charge in [0, 0.05) is 17.0 Å². The molecule has 0 saturated carbocycles. The van der Waals surface area contributed by atoms with E-state index < -0.39 is 23.1 Å². The number of quaternary nitrogens is 1. The van der Waals surface area contributed by atoms with Gasteiger partial charge in [-0.1, -0.05) is 41.9 Å². The molecule has 1 aliphatic heterocycles. The molecule has 0 radical (unpaired) electrons. The molecular weight excluding hydrogens is 370 g/mol. The lowest BCUT2D eigenvalue weighted by molar-refractivity contribution is -0.713. The van der Waals surface area contributed by atoms with Crippen molar-refractivity contribution in [1.82, 2.24) is 16.3 Å². The maximum absolute atomic E-state index is 11.7. The lowest BCUT2D eigenvalue weighted by Gasteiger charge is -2.16. The molecule has 0 fully saturated rings. The molecule has 0 aromatic heterocycles. The Bertz CT molecular complexity index is 901. The third kappa shape index (κ3) is 4.38. The van der Waals surface area contributed by atoms with Gasteiger partial charge in [0.1, 0.15) is 6.04 Å². The molecule has 0 saturated heterocycles. The number of hydrogen-bond acceptors (Lipinski definition) is 7. The Morgan fingerprint density at radius 2 is 2.07 bits per heavy atom. The van der Waals surface area contributed by atoms with Crippen LogP contribution >= 0.6 is 0 Å². The summed E-state index contributed by atoms with van der Waals surface area (Å²) in [5, 5.41) is 16.0. The summed E-state index contributed by atoms with van der Waals surface area (Å²) < 4.78 is 23.3. The van der Waals surface area contributed by atoms with E-state index in [9.17, 15) is 13.6 Å². The lowest BCUT2D eigenvalue weighted by Crippen LogP contribution is -2.87. The highest BCUT2D eigenvalue weighted by Crippen LogP contribution is 2.28. The molecule has 1 heterocycles. The van der Waals surface area contributed by atoms with Gasteiger partial charge in [0.25, 0.3) is 0 Å². The molecule has 2 atom stereocenters. The molecule has 142 valence electrons. The average Bonchev–Trinajstić information content (AvgIpc) is 3.20. The number of rotatable bonds is 7. The summed E-state index contributed by atoms with van der Waals surface area (Å²) in [4.78, 5) is 11.0. The van der Waals surface area contributed by atoms with Crippen LogP contribution in [-0.4, -0.2) is 31.7 Å². The third-order valence-corrected chi connectivity index (χ3v) is 4.84. The molecule has 0 spiro atoms. The minimum Gasteiger partial charge on any atom is -0.768 e. The van der Waals surface area contributed by atoms with Gasteiger partial charge in [-0.25, -0.2) is 0 Å². The fourth-order valence-electron chi connectivity index (χ4n) is 2.67. The van der Waals surface area contributed by atoms with E-state index in [0.29, 0.717) is 17.9 Å². The Balaban J connectivity index is 1.91. The van der Waals surface area contributed by atoms with Crippen LogP contribution in [0.2, 0.25) is 0 Å². The second kappa shape index (κ2) is 8.37. The summed E-state index contributed by atoms with van der Waals surface area (Å²) in [6.07, 6.45) is 0. The average molecular weight is 389 g/mol. The van der Waals surface area contributed by atoms with Gasteiger partial charge in [0.05, 0.1) is 0 Å². The molecule has 10 heteroatoms. The molecule has 2 aromatic rings. The second-order valence-corrected chi connectivity index (χ2v) is 6.84. The fourth-order valence-corrected chi connectivity index (χ4v) is 3.24. The zero-order valence-electron chi connectivity index (χ0n) is 14.4. The van der Waals surface area contributed by atoms with Crippen molar-refractivity contribution in [2.75, 3.05) is 0 Å². The highest BCUT2D eigenvalue weighted by atomic mass is 32.2. The van der Waals surface area contributed by atoms with Gasteiger partial charge in [0.15, 0.2) is 0 Å². The second-order valence-electron chi connectivity index (χ2n) is 5.93. The Hall–Kier alpha value is -2.63. The predicted molar refractivity (Wildman–Crippen MR) is 97.7 cm³/mol. The van der Waals surface area contributed by atoms with E-state index in [-0.39, 0.29) is 4.90 Å². The predicted octanol–water partition coefficient (Wildman–Crippen LogP) is -0.598. The fraction of sp³-hybridized carbons (Fsp3) is 0.176. The van der Waals surface area contributed by atoms with E-state index in [1.54, 1.807) is 13.0 Å². The van der Waals surface area contributed by atoms with Gasteiger partial charge in [0.2, 0.25) is 5.84 Å². The summed E-state index contributed by atoms with van der Waals surface area (Å²) in [5.41, 5.74) is 9.96. The topological polar surface area (TPSA) is 142 Å². The SMILES string of the molecule is CC(NCc1ccc(-c2cccc(S(=O)[O-])c2C2=N[NH2+]NN2)cc1)C(=O)O. The van der Waals surface area contributed by atoms with Gasteiger partial charge in [-0.2, -0.15) is 0 Å². The van der Waals surface area contributed by atoms with Crippen molar-refractivity contribution in [3.8, 4) is 11.1 Å². The smallest absolute Gasteiger partial charge is 0.320 e. The van der Waals surface area contributed by atoms with Crippen molar-refractivity contribution in [3.05, 3.63) is 53.6 Å². The minimum atomic E-state index is -2.42. The van der Waals surface area contributed by atoms with Crippen LogP contribution in [0, 0.1) is 0 Å². The number of nitrogens with two attached hydrogens (primary N) is 1. The molecular formula is C17H19N5O4S. The van der Waals surface area contributed by atoms with Crippen LogP contribution < -0.4 is 21.8 Å². The number of amidine groups is 1. The van der Waals surface area contributed by atoms with E-state index in [2.05, 4.69) is 21.4 Å². The Morgan fingerprint density at radius 1 is 1.33 bits per heavy atom. The Kier molecular flexibility index (Phi) is 5.94. The molecule has 27 heavy (non-hydrogen) atoms. The first-order valence-corrected chi connectivity index (χ1v) is 9.24. The van der Waals surface area contributed by atoms with Crippen LogP contribution in [0.3, 0.4) is 0 Å². The van der Waals surface area contributed by atoms with Gasteiger partial charge in [-0.15, -0.1) is 5.53 Å². The van der Waals surface area contributed by atoms with Crippen LogP contribution in [-0.2, 0) is 22.4 Å². The molecule has 0 aliphatic carbocycles. The highest BCUT2D eigenvalue weighted by molar-refractivity contribution is 7.79. The van der Waals surface area contributed by atoms with E-state index in [1.807, 2.05) is 30.3 Å². The van der Waals surface area contributed by atoms with Crippen LogP contribution in [0.25, 0.3) is 11.1 Å².